The Morgan fingerprint density at radius 2 is 1.44 bits per heavy atom. The van der Waals surface area contributed by atoms with E-state index < -0.39 is 0 Å². The van der Waals surface area contributed by atoms with E-state index in [0.29, 0.717) is 5.75 Å². The Kier molecular flexibility index (Phi) is 7.13. The number of hydrogen-bond donors (Lipinski definition) is 1. The topological polar surface area (TPSA) is 20.2 Å². The third-order valence-corrected chi connectivity index (χ3v) is 0.756. The van der Waals surface area contributed by atoms with Gasteiger partial charge in [-0.2, -0.15) is 0 Å². The average molecular weight is 168 g/mol. The van der Waals surface area contributed by atoms with Crippen molar-refractivity contribution in [3.05, 3.63) is 37.8 Å². The van der Waals surface area contributed by atoms with Gasteiger partial charge >= 0.3 is 0 Å². The monoisotopic (exact) mass is 168 g/mol. The van der Waals surface area contributed by atoms with E-state index >= 15 is 0 Å². The van der Waals surface area contributed by atoms with Crippen molar-refractivity contribution in [2.75, 3.05) is 0 Å². The number of para-hydroxylation sites is 1. The van der Waals surface area contributed by atoms with Gasteiger partial charge in [-0.05, 0) is 12.1 Å². The van der Waals surface area contributed by atoms with Gasteiger partial charge in [0.15, 0.2) is 0 Å². The number of phenolic OH excluding ortho intramolecular Hbond substituents is 1. The van der Waals surface area contributed by atoms with Crippen molar-refractivity contribution < 1.29 is 21.9 Å². The van der Waals surface area contributed by atoms with Crippen LogP contribution in [0, 0.1) is 7.43 Å². The summed E-state index contributed by atoms with van der Waals surface area (Å²) in [5.41, 5.74) is 0. The van der Waals surface area contributed by atoms with Gasteiger partial charge in [0.25, 0.3) is 0 Å². The molecule has 2 heteroatoms. The van der Waals surface area contributed by atoms with Crippen LogP contribution in [0.1, 0.15) is 0 Å². The summed E-state index contributed by atoms with van der Waals surface area (Å²) >= 11 is 0. The van der Waals surface area contributed by atoms with E-state index in [0.717, 1.165) is 0 Å². The number of rotatable bonds is 0. The van der Waals surface area contributed by atoms with Gasteiger partial charge in [-0.1, -0.05) is 18.2 Å². The Balaban J connectivity index is 0. The largest absolute Gasteiger partial charge is 0.508 e. The van der Waals surface area contributed by atoms with E-state index in [1.165, 1.54) is 0 Å². The molecule has 0 saturated heterocycles. The third-order valence-electron chi connectivity index (χ3n) is 0.756. The van der Waals surface area contributed by atoms with E-state index in [4.69, 9.17) is 5.11 Å². The summed E-state index contributed by atoms with van der Waals surface area (Å²) in [5, 5.41) is 8.63. The Morgan fingerprint density at radius 1 is 1.00 bits per heavy atom. The maximum Gasteiger partial charge on any atom is 0.115 e. The zero-order chi connectivity index (χ0) is 5.11. The molecule has 1 radical (unpaired) electrons. The van der Waals surface area contributed by atoms with Crippen LogP contribution in [0.5, 0.6) is 5.75 Å². The van der Waals surface area contributed by atoms with Gasteiger partial charge in [-0.25, -0.2) is 0 Å². The van der Waals surface area contributed by atoms with Gasteiger partial charge in [0.1, 0.15) is 5.75 Å². The molecule has 0 aliphatic carbocycles. The molecule has 0 aliphatic heterocycles. The molecule has 0 unspecified atom stereocenters. The molecule has 53 valence electrons. The molecule has 0 aromatic heterocycles. The SMILES string of the molecule is Oc1ccccc1.[CH3-].[Co]. The maximum atomic E-state index is 8.63. The van der Waals surface area contributed by atoms with Crippen LogP contribution in [0.15, 0.2) is 30.3 Å². The molecule has 0 spiro atoms. The first kappa shape index (κ1) is 11.3. The molecule has 1 aromatic carbocycles. The number of phenols is 1. The fourth-order valence-corrected chi connectivity index (χ4v) is 0.428. The Morgan fingerprint density at radius 3 is 1.67 bits per heavy atom. The molecule has 9 heavy (non-hydrogen) atoms. The van der Waals surface area contributed by atoms with Crippen LogP contribution in [0.2, 0.25) is 0 Å². The fourth-order valence-electron chi connectivity index (χ4n) is 0.428. The van der Waals surface area contributed by atoms with Gasteiger partial charge in [0.2, 0.25) is 0 Å². The number of aromatic hydroxyl groups is 1. The summed E-state index contributed by atoms with van der Waals surface area (Å²) in [6.45, 7) is 0. The fraction of sp³-hybridized carbons (Fsp3) is 0. The van der Waals surface area contributed by atoms with E-state index in [-0.39, 0.29) is 24.2 Å². The van der Waals surface area contributed by atoms with E-state index in [1.54, 1.807) is 24.3 Å². The Hall–Kier alpha value is -0.474. The molecular weight excluding hydrogens is 159 g/mol. The van der Waals surface area contributed by atoms with Crippen LogP contribution in [0.3, 0.4) is 0 Å². The molecule has 0 heterocycles. The molecule has 0 bridgehead atoms. The zero-order valence-corrected chi connectivity index (χ0v) is 6.21. The summed E-state index contributed by atoms with van der Waals surface area (Å²) in [6.07, 6.45) is 0. The van der Waals surface area contributed by atoms with Crippen molar-refractivity contribution >= 4 is 0 Å². The van der Waals surface area contributed by atoms with Gasteiger partial charge < -0.3 is 12.5 Å². The van der Waals surface area contributed by atoms with Crippen LogP contribution < -0.4 is 0 Å². The van der Waals surface area contributed by atoms with Crippen LogP contribution in [-0.4, -0.2) is 5.11 Å². The van der Waals surface area contributed by atoms with E-state index in [1.807, 2.05) is 6.07 Å². The maximum absolute atomic E-state index is 8.63. The normalized spacial score (nSPS) is 6.67. The summed E-state index contributed by atoms with van der Waals surface area (Å²) in [7, 11) is 0. The van der Waals surface area contributed by atoms with Gasteiger partial charge in [-0.3, -0.25) is 0 Å². The second-order valence-corrected chi connectivity index (χ2v) is 1.34. The summed E-state index contributed by atoms with van der Waals surface area (Å²) in [6, 6.07) is 8.71. The standard InChI is InChI=1S/C6H6O.CH3.Co/c7-6-4-2-1-3-5-6;;/h1-5,7H;1H3;/q;-1;. The van der Waals surface area contributed by atoms with Crippen molar-refractivity contribution in [1.82, 2.24) is 0 Å². The quantitative estimate of drug-likeness (QED) is 0.586. The van der Waals surface area contributed by atoms with E-state index in [2.05, 4.69) is 0 Å². The minimum atomic E-state index is 0. The smallest absolute Gasteiger partial charge is 0.115 e. The first-order chi connectivity index (χ1) is 3.39. The Bertz CT molecular complexity index is 139. The van der Waals surface area contributed by atoms with Crippen molar-refractivity contribution in [3.63, 3.8) is 0 Å². The molecule has 0 saturated carbocycles. The third kappa shape index (κ3) is 4.06. The van der Waals surface area contributed by atoms with Gasteiger partial charge in [0, 0.05) is 16.8 Å². The number of hydrogen-bond acceptors (Lipinski definition) is 1. The minimum Gasteiger partial charge on any atom is -0.508 e. The molecule has 1 aromatic rings. The van der Waals surface area contributed by atoms with E-state index in [9.17, 15) is 0 Å². The molecule has 0 atom stereocenters. The predicted octanol–water partition coefficient (Wildman–Crippen LogP) is 1.84. The minimum absolute atomic E-state index is 0. The van der Waals surface area contributed by atoms with Gasteiger partial charge in [0.05, 0.1) is 0 Å². The van der Waals surface area contributed by atoms with Crippen LogP contribution >= 0.6 is 0 Å². The van der Waals surface area contributed by atoms with Gasteiger partial charge in [-0.15, -0.1) is 0 Å². The molecular formula is C7H9CoO-. The van der Waals surface area contributed by atoms with Crippen molar-refractivity contribution in [2.24, 2.45) is 0 Å². The Labute approximate surface area is 65.9 Å². The van der Waals surface area contributed by atoms with Crippen LogP contribution in [0.25, 0.3) is 0 Å². The molecule has 0 aliphatic rings. The van der Waals surface area contributed by atoms with Crippen LogP contribution in [-0.2, 0) is 16.8 Å². The second-order valence-electron chi connectivity index (χ2n) is 1.34. The van der Waals surface area contributed by atoms with Crippen molar-refractivity contribution in [1.29, 1.82) is 0 Å². The first-order valence-corrected chi connectivity index (χ1v) is 2.13. The summed E-state index contributed by atoms with van der Waals surface area (Å²) < 4.78 is 0. The molecule has 1 nitrogen and oxygen atoms in total. The predicted molar refractivity (Wildman–Crippen MR) is 34.5 cm³/mol. The molecule has 0 amide bonds. The van der Waals surface area contributed by atoms with Crippen LogP contribution in [0.4, 0.5) is 0 Å². The zero-order valence-electron chi connectivity index (χ0n) is 5.17. The molecule has 1 N–H and O–H groups in total. The summed E-state index contributed by atoms with van der Waals surface area (Å²) in [5.74, 6) is 0.322. The molecule has 0 fully saturated rings. The summed E-state index contributed by atoms with van der Waals surface area (Å²) in [4.78, 5) is 0. The second kappa shape index (κ2) is 5.66. The molecule has 1 rings (SSSR count). The average Bonchev–Trinajstić information content (AvgIpc) is 1.69. The first-order valence-electron chi connectivity index (χ1n) is 2.13. The number of benzene rings is 1. The van der Waals surface area contributed by atoms with Crippen molar-refractivity contribution in [2.45, 2.75) is 0 Å². The van der Waals surface area contributed by atoms with Crippen molar-refractivity contribution in [3.8, 4) is 5.75 Å².